The van der Waals surface area contributed by atoms with Gasteiger partial charge in [-0.05, 0) is 18.2 Å². The van der Waals surface area contributed by atoms with Crippen molar-refractivity contribution in [2.24, 2.45) is 0 Å². The van der Waals surface area contributed by atoms with Crippen LogP contribution in [0.3, 0.4) is 0 Å². The van der Waals surface area contributed by atoms with Crippen LogP contribution >= 0.6 is 0 Å². The van der Waals surface area contributed by atoms with Crippen molar-refractivity contribution in [3.8, 4) is 5.75 Å². The van der Waals surface area contributed by atoms with E-state index in [0.29, 0.717) is 16.9 Å². The van der Waals surface area contributed by atoms with Crippen LogP contribution < -0.4 is 4.74 Å². The average Bonchev–Trinajstić information content (AvgIpc) is 2.34. The monoisotopic (exact) mass is 236 g/mol. The van der Waals surface area contributed by atoms with Gasteiger partial charge in [-0.1, -0.05) is 6.07 Å². The molecule has 0 heterocycles. The summed E-state index contributed by atoms with van der Waals surface area (Å²) in [6.45, 7) is 0. The Morgan fingerprint density at radius 3 is 2.53 bits per heavy atom. The highest BCUT2D eigenvalue weighted by Gasteiger charge is 2.08. The van der Waals surface area contributed by atoms with Gasteiger partial charge in [0.25, 0.3) is 0 Å². The molecular formula is C12H12O5. The van der Waals surface area contributed by atoms with E-state index in [2.05, 4.69) is 4.74 Å². The molecule has 0 saturated heterocycles. The quantitative estimate of drug-likeness (QED) is 0.634. The van der Waals surface area contributed by atoms with Crippen molar-refractivity contribution < 1.29 is 24.2 Å². The Morgan fingerprint density at radius 2 is 2.00 bits per heavy atom. The third-order valence-corrected chi connectivity index (χ3v) is 2.06. The number of carbonyl (C=O) groups excluding carboxylic acids is 1. The van der Waals surface area contributed by atoms with E-state index in [1.807, 2.05) is 0 Å². The highest BCUT2D eigenvalue weighted by Crippen LogP contribution is 2.22. The molecular weight excluding hydrogens is 224 g/mol. The molecule has 0 aliphatic carbocycles. The van der Waals surface area contributed by atoms with Crippen molar-refractivity contribution in [2.75, 3.05) is 14.2 Å². The van der Waals surface area contributed by atoms with Crippen LogP contribution in [0.15, 0.2) is 24.3 Å². The summed E-state index contributed by atoms with van der Waals surface area (Å²) in [7, 11) is 2.72. The Bertz CT molecular complexity index is 462. The Morgan fingerprint density at radius 1 is 1.29 bits per heavy atom. The van der Waals surface area contributed by atoms with Crippen LogP contribution in [0.1, 0.15) is 15.9 Å². The number of methoxy groups -OCH3 is 2. The van der Waals surface area contributed by atoms with Crippen LogP contribution in [0.2, 0.25) is 0 Å². The number of hydrogen-bond donors (Lipinski definition) is 1. The zero-order valence-corrected chi connectivity index (χ0v) is 9.47. The van der Waals surface area contributed by atoms with Crippen LogP contribution in [-0.2, 0) is 9.53 Å². The summed E-state index contributed by atoms with van der Waals surface area (Å²) >= 11 is 0. The molecule has 0 unspecified atom stereocenters. The van der Waals surface area contributed by atoms with Gasteiger partial charge in [0.15, 0.2) is 0 Å². The summed E-state index contributed by atoms with van der Waals surface area (Å²) in [4.78, 5) is 21.7. The molecule has 0 radical (unpaired) electrons. The fraction of sp³-hybridized carbons (Fsp3) is 0.167. The van der Waals surface area contributed by atoms with Gasteiger partial charge in [-0.3, -0.25) is 0 Å². The summed E-state index contributed by atoms with van der Waals surface area (Å²) in [5.41, 5.74) is 0.916. The largest absolute Gasteiger partial charge is 0.496 e. The summed E-state index contributed by atoms with van der Waals surface area (Å²) in [6, 6.07) is 4.62. The lowest BCUT2D eigenvalue weighted by Gasteiger charge is -2.06. The smallest absolute Gasteiger partial charge is 0.337 e. The fourth-order valence-electron chi connectivity index (χ4n) is 1.25. The maximum Gasteiger partial charge on any atom is 0.337 e. The fourth-order valence-corrected chi connectivity index (χ4v) is 1.25. The molecule has 0 saturated carbocycles. The number of aliphatic carboxylic acids is 1. The van der Waals surface area contributed by atoms with E-state index in [4.69, 9.17) is 9.84 Å². The first-order valence-corrected chi connectivity index (χ1v) is 4.76. The number of benzene rings is 1. The highest BCUT2D eigenvalue weighted by molar-refractivity contribution is 5.91. The van der Waals surface area contributed by atoms with Gasteiger partial charge in [-0.25, -0.2) is 9.59 Å². The van der Waals surface area contributed by atoms with E-state index in [9.17, 15) is 9.59 Å². The second-order valence-corrected chi connectivity index (χ2v) is 3.12. The number of rotatable bonds is 4. The number of ether oxygens (including phenoxy) is 2. The number of carbonyl (C=O) groups is 2. The molecule has 1 rings (SSSR count). The predicted octanol–water partition coefficient (Wildman–Crippen LogP) is 1.58. The van der Waals surface area contributed by atoms with E-state index in [-0.39, 0.29) is 0 Å². The van der Waals surface area contributed by atoms with E-state index in [0.717, 1.165) is 6.08 Å². The number of carboxylic acids is 1. The minimum absolute atomic E-state index is 0.344. The normalized spacial score (nSPS) is 10.2. The number of hydrogen-bond acceptors (Lipinski definition) is 4. The van der Waals surface area contributed by atoms with Gasteiger partial charge in [-0.15, -0.1) is 0 Å². The summed E-state index contributed by atoms with van der Waals surface area (Å²) in [5.74, 6) is -1.12. The van der Waals surface area contributed by atoms with Gasteiger partial charge in [0.05, 0.1) is 19.8 Å². The minimum Gasteiger partial charge on any atom is -0.496 e. The summed E-state index contributed by atoms with van der Waals surface area (Å²) in [5, 5.41) is 8.52. The first-order valence-electron chi connectivity index (χ1n) is 4.76. The summed E-state index contributed by atoms with van der Waals surface area (Å²) in [6.07, 6.45) is 2.39. The predicted molar refractivity (Wildman–Crippen MR) is 61.0 cm³/mol. The Labute approximate surface area is 98.3 Å². The molecule has 0 atom stereocenters. The zero-order valence-electron chi connectivity index (χ0n) is 9.47. The SMILES string of the molecule is COC(=O)c1ccc(/C=C/C(=O)O)c(OC)c1. The lowest BCUT2D eigenvalue weighted by Crippen LogP contribution is -2.02. The molecule has 5 heteroatoms. The third-order valence-electron chi connectivity index (χ3n) is 2.06. The van der Waals surface area contributed by atoms with Crippen LogP contribution in [0.5, 0.6) is 5.75 Å². The molecule has 0 aromatic heterocycles. The molecule has 90 valence electrons. The van der Waals surface area contributed by atoms with Crippen molar-refractivity contribution in [2.45, 2.75) is 0 Å². The molecule has 1 N–H and O–H groups in total. The topological polar surface area (TPSA) is 72.8 Å². The van der Waals surface area contributed by atoms with Gasteiger partial charge >= 0.3 is 11.9 Å². The van der Waals surface area contributed by atoms with Crippen molar-refractivity contribution in [1.29, 1.82) is 0 Å². The molecule has 0 bridgehead atoms. The number of carboxylic acid groups (broad SMARTS) is 1. The van der Waals surface area contributed by atoms with E-state index < -0.39 is 11.9 Å². The van der Waals surface area contributed by atoms with Gasteiger partial charge in [0, 0.05) is 11.6 Å². The Kier molecular flexibility index (Phi) is 4.28. The molecule has 17 heavy (non-hydrogen) atoms. The lowest BCUT2D eigenvalue weighted by molar-refractivity contribution is -0.131. The molecule has 0 spiro atoms. The average molecular weight is 236 g/mol. The molecule has 0 aliphatic heterocycles. The zero-order chi connectivity index (χ0) is 12.8. The molecule has 1 aromatic carbocycles. The minimum atomic E-state index is -1.05. The van der Waals surface area contributed by atoms with Crippen LogP contribution in [0, 0.1) is 0 Å². The molecule has 0 aliphatic rings. The lowest BCUT2D eigenvalue weighted by atomic mass is 10.1. The first kappa shape index (κ1) is 12.8. The second-order valence-electron chi connectivity index (χ2n) is 3.12. The van der Waals surface area contributed by atoms with Crippen molar-refractivity contribution in [1.82, 2.24) is 0 Å². The molecule has 1 aromatic rings. The van der Waals surface area contributed by atoms with Crippen molar-refractivity contribution in [3.05, 3.63) is 35.4 Å². The van der Waals surface area contributed by atoms with Crippen LogP contribution in [0.25, 0.3) is 6.08 Å². The van der Waals surface area contributed by atoms with Gasteiger partial charge in [0.1, 0.15) is 5.75 Å². The standard InChI is InChI=1S/C12H12O5/c1-16-10-7-9(12(15)17-2)4-3-8(10)5-6-11(13)14/h3-7H,1-2H3,(H,13,14)/b6-5+. The van der Waals surface area contributed by atoms with Crippen LogP contribution in [0.4, 0.5) is 0 Å². The Balaban J connectivity index is 3.09. The van der Waals surface area contributed by atoms with Gasteiger partial charge in [0.2, 0.25) is 0 Å². The van der Waals surface area contributed by atoms with E-state index >= 15 is 0 Å². The second kappa shape index (κ2) is 5.69. The maximum atomic E-state index is 11.3. The first-order chi connectivity index (χ1) is 8.08. The van der Waals surface area contributed by atoms with Gasteiger partial charge in [-0.2, -0.15) is 0 Å². The van der Waals surface area contributed by atoms with Crippen molar-refractivity contribution >= 4 is 18.0 Å². The number of esters is 1. The summed E-state index contributed by atoms with van der Waals surface area (Å²) < 4.78 is 9.63. The molecule has 0 amide bonds. The third kappa shape index (κ3) is 3.34. The van der Waals surface area contributed by atoms with E-state index in [1.54, 1.807) is 6.07 Å². The molecule has 5 nitrogen and oxygen atoms in total. The van der Waals surface area contributed by atoms with Crippen LogP contribution in [-0.4, -0.2) is 31.3 Å². The van der Waals surface area contributed by atoms with Crippen molar-refractivity contribution in [3.63, 3.8) is 0 Å². The van der Waals surface area contributed by atoms with E-state index in [1.165, 1.54) is 32.4 Å². The maximum absolute atomic E-state index is 11.3. The van der Waals surface area contributed by atoms with Gasteiger partial charge < -0.3 is 14.6 Å². The Hall–Kier alpha value is -2.30. The highest BCUT2D eigenvalue weighted by atomic mass is 16.5. The molecule has 0 fully saturated rings.